The van der Waals surface area contributed by atoms with Crippen LogP contribution >= 0.6 is 0 Å². The number of benzene rings is 1. The van der Waals surface area contributed by atoms with Crippen molar-refractivity contribution in [2.24, 2.45) is 11.3 Å². The Morgan fingerprint density at radius 2 is 1.97 bits per heavy atom. The van der Waals surface area contributed by atoms with E-state index in [9.17, 15) is 9.59 Å². The van der Waals surface area contributed by atoms with Gasteiger partial charge in [-0.05, 0) is 102 Å². The number of ketones is 1. The summed E-state index contributed by atoms with van der Waals surface area (Å²) >= 11 is 0. The Kier molecular flexibility index (Phi) is 10.3. The number of methoxy groups -OCH3 is 1. The Labute approximate surface area is 194 Å². The maximum absolute atomic E-state index is 11.4. The molecule has 2 aliphatic heterocycles. The third-order valence-corrected chi connectivity index (χ3v) is 6.39. The lowest BCUT2D eigenvalue weighted by Crippen LogP contribution is -2.53. The van der Waals surface area contributed by atoms with E-state index in [1.807, 2.05) is 32.9 Å². The van der Waals surface area contributed by atoms with Crippen molar-refractivity contribution in [2.45, 2.75) is 53.1 Å². The number of nitrogens with zero attached hydrogens (tertiary/aromatic N) is 2. The van der Waals surface area contributed by atoms with Crippen LogP contribution in [0.5, 0.6) is 5.75 Å². The van der Waals surface area contributed by atoms with E-state index in [4.69, 9.17) is 9.47 Å². The molecule has 0 amide bonds. The lowest BCUT2D eigenvalue weighted by Gasteiger charge is -2.49. The highest BCUT2D eigenvalue weighted by Crippen LogP contribution is 2.41. The summed E-state index contributed by atoms with van der Waals surface area (Å²) in [4.78, 5) is 26.6. The first-order valence-electron chi connectivity index (χ1n) is 11.8. The van der Waals surface area contributed by atoms with Gasteiger partial charge < -0.3 is 14.4 Å². The molecular formula is C26H42N2O4. The molecule has 180 valence electrons. The summed E-state index contributed by atoms with van der Waals surface area (Å²) in [6.07, 6.45) is 4.80. The van der Waals surface area contributed by atoms with Gasteiger partial charge in [-0.1, -0.05) is 0 Å². The second kappa shape index (κ2) is 12.5. The van der Waals surface area contributed by atoms with Crippen LogP contribution in [0.3, 0.4) is 0 Å². The molecule has 0 aromatic heterocycles. The predicted molar refractivity (Wildman–Crippen MR) is 129 cm³/mol. The minimum absolute atomic E-state index is 0.167. The first-order valence-corrected chi connectivity index (χ1v) is 11.8. The van der Waals surface area contributed by atoms with E-state index in [0.29, 0.717) is 23.4 Å². The lowest BCUT2D eigenvalue weighted by atomic mass is 9.69. The molecule has 2 aliphatic rings. The number of ether oxygens (including phenoxy) is 2. The van der Waals surface area contributed by atoms with Crippen molar-refractivity contribution in [2.75, 3.05) is 53.5 Å². The van der Waals surface area contributed by atoms with Gasteiger partial charge >= 0.3 is 0 Å². The Bertz CT molecular complexity index is 741. The van der Waals surface area contributed by atoms with Crippen molar-refractivity contribution in [3.05, 3.63) is 29.3 Å². The molecule has 0 bridgehead atoms. The third-order valence-electron chi connectivity index (χ3n) is 6.39. The number of carbonyl (C=O) groups excluding carboxylic acids is 2. The average molecular weight is 447 g/mol. The maximum atomic E-state index is 11.4. The second-order valence-electron chi connectivity index (χ2n) is 10.0. The van der Waals surface area contributed by atoms with Gasteiger partial charge in [0.25, 0.3) is 0 Å². The van der Waals surface area contributed by atoms with Gasteiger partial charge in [0.05, 0.1) is 19.3 Å². The summed E-state index contributed by atoms with van der Waals surface area (Å²) in [5, 5.41) is 0. The Balaban J connectivity index is 0.000000244. The molecule has 3 rings (SSSR count). The van der Waals surface area contributed by atoms with Gasteiger partial charge in [-0.3, -0.25) is 14.5 Å². The molecule has 0 saturated carbocycles. The van der Waals surface area contributed by atoms with Gasteiger partial charge in [-0.2, -0.15) is 0 Å². The number of likely N-dealkylation sites (tertiary alicyclic amines) is 2. The number of hydrogen-bond acceptors (Lipinski definition) is 6. The molecule has 32 heavy (non-hydrogen) atoms. The number of aldehydes is 1. The molecule has 2 saturated heterocycles. The second-order valence-corrected chi connectivity index (χ2v) is 10.0. The van der Waals surface area contributed by atoms with Crippen LogP contribution < -0.4 is 4.74 Å². The number of piperidine rings is 2. The molecule has 6 nitrogen and oxygen atoms in total. The van der Waals surface area contributed by atoms with Gasteiger partial charge in [0, 0.05) is 25.8 Å². The van der Waals surface area contributed by atoms with Crippen LogP contribution in [0.25, 0.3) is 0 Å². The molecule has 1 aromatic carbocycles. The van der Waals surface area contributed by atoms with E-state index in [1.165, 1.54) is 32.4 Å². The van der Waals surface area contributed by atoms with Gasteiger partial charge in [0.1, 0.15) is 17.8 Å². The quantitative estimate of drug-likeness (QED) is 0.593. The lowest BCUT2D eigenvalue weighted by molar-refractivity contribution is -0.120. The fourth-order valence-corrected chi connectivity index (χ4v) is 5.02. The van der Waals surface area contributed by atoms with Crippen LogP contribution in [0.2, 0.25) is 0 Å². The predicted octanol–water partition coefficient (Wildman–Crippen LogP) is 3.85. The van der Waals surface area contributed by atoms with Crippen LogP contribution in [0, 0.1) is 18.3 Å². The standard InChI is InChI=1S/C15H28N2O2.C11H14O2/c1-13(18)9-17-10-14(11-19-3)8-15(12-17)4-6-16(2)7-5-15;1-8(2)13-11-5-4-10(7-12)6-9(11)3/h14H,4-12H2,1-3H3;4-8H,1-3H3. The SMILES string of the molecule is COCC1CN(CC(C)=O)CC2(CCN(C)CC2)C1.Cc1cc(C=O)ccc1OC(C)C. The van der Waals surface area contributed by atoms with Crippen molar-refractivity contribution in [1.82, 2.24) is 9.80 Å². The van der Waals surface area contributed by atoms with E-state index in [1.54, 1.807) is 20.1 Å². The monoisotopic (exact) mass is 446 g/mol. The number of carbonyl (C=O) groups is 2. The molecule has 6 heteroatoms. The van der Waals surface area contributed by atoms with Gasteiger partial charge in [0.2, 0.25) is 0 Å². The van der Waals surface area contributed by atoms with Crippen molar-refractivity contribution in [1.29, 1.82) is 0 Å². The Hall–Kier alpha value is -1.76. The van der Waals surface area contributed by atoms with Crippen LogP contribution in [0.15, 0.2) is 18.2 Å². The summed E-state index contributed by atoms with van der Waals surface area (Å²) in [5.74, 6) is 1.71. The van der Waals surface area contributed by atoms with Crippen molar-refractivity contribution in [3.8, 4) is 5.75 Å². The van der Waals surface area contributed by atoms with E-state index < -0.39 is 0 Å². The van der Waals surface area contributed by atoms with E-state index in [-0.39, 0.29) is 11.9 Å². The van der Waals surface area contributed by atoms with E-state index in [0.717, 1.165) is 37.3 Å². The molecule has 1 aromatic rings. The smallest absolute Gasteiger partial charge is 0.150 e. The molecule has 0 aliphatic carbocycles. The number of Topliss-reactive ketones (excluding diaryl/α,β-unsaturated/α-hetero) is 1. The molecule has 2 heterocycles. The van der Waals surface area contributed by atoms with Gasteiger partial charge in [-0.25, -0.2) is 0 Å². The number of aryl methyl sites for hydroxylation is 1. The van der Waals surface area contributed by atoms with Crippen LogP contribution in [0.1, 0.15) is 56.0 Å². The summed E-state index contributed by atoms with van der Waals surface area (Å²) in [6.45, 7) is 13.5. The third kappa shape index (κ3) is 8.30. The summed E-state index contributed by atoms with van der Waals surface area (Å²) < 4.78 is 10.9. The molecule has 0 N–H and O–H groups in total. The minimum Gasteiger partial charge on any atom is -0.491 e. The molecule has 1 spiro atoms. The summed E-state index contributed by atoms with van der Waals surface area (Å²) in [5.41, 5.74) is 2.11. The average Bonchev–Trinajstić information content (AvgIpc) is 2.72. The van der Waals surface area contributed by atoms with Crippen molar-refractivity contribution >= 4 is 12.1 Å². The largest absolute Gasteiger partial charge is 0.491 e. The zero-order chi connectivity index (χ0) is 23.7. The molecule has 0 radical (unpaired) electrons. The molecule has 1 atom stereocenters. The van der Waals surface area contributed by atoms with Crippen molar-refractivity contribution < 1.29 is 19.1 Å². The Morgan fingerprint density at radius 3 is 2.50 bits per heavy atom. The summed E-state index contributed by atoms with van der Waals surface area (Å²) in [7, 11) is 3.99. The van der Waals surface area contributed by atoms with Crippen LogP contribution in [0.4, 0.5) is 0 Å². The molecule has 2 fully saturated rings. The normalized spacial score (nSPS) is 21.2. The first kappa shape index (κ1) is 26.5. The molecular weight excluding hydrogens is 404 g/mol. The molecule has 1 unspecified atom stereocenters. The maximum Gasteiger partial charge on any atom is 0.150 e. The highest BCUT2D eigenvalue weighted by Gasteiger charge is 2.41. The van der Waals surface area contributed by atoms with Gasteiger partial charge in [0.15, 0.2) is 0 Å². The van der Waals surface area contributed by atoms with Crippen LogP contribution in [-0.4, -0.2) is 81.5 Å². The first-order chi connectivity index (χ1) is 15.2. The minimum atomic E-state index is 0.167. The fraction of sp³-hybridized carbons (Fsp3) is 0.692. The van der Waals surface area contributed by atoms with E-state index in [2.05, 4.69) is 16.8 Å². The summed E-state index contributed by atoms with van der Waals surface area (Å²) in [6, 6.07) is 5.42. The highest BCUT2D eigenvalue weighted by atomic mass is 16.5. The zero-order valence-electron chi connectivity index (χ0n) is 20.9. The number of rotatable bonds is 7. The van der Waals surface area contributed by atoms with Gasteiger partial charge in [-0.15, -0.1) is 0 Å². The zero-order valence-corrected chi connectivity index (χ0v) is 20.9. The topological polar surface area (TPSA) is 59.1 Å². The fourth-order valence-electron chi connectivity index (χ4n) is 5.02. The van der Waals surface area contributed by atoms with Crippen molar-refractivity contribution in [3.63, 3.8) is 0 Å². The highest BCUT2D eigenvalue weighted by molar-refractivity contribution is 5.77. The Morgan fingerprint density at radius 1 is 1.28 bits per heavy atom. The number of hydrogen-bond donors (Lipinski definition) is 0. The van der Waals surface area contributed by atoms with Crippen LogP contribution in [-0.2, 0) is 9.53 Å². The van der Waals surface area contributed by atoms with E-state index >= 15 is 0 Å².